The predicted molar refractivity (Wildman–Crippen MR) is 114 cm³/mol. The van der Waals surface area contributed by atoms with Crippen LogP contribution < -0.4 is 0 Å². The van der Waals surface area contributed by atoms with E-state index in [1.54, 1.807) is 13.0 Å². The highest BCUT2D eigenvalue weighted by Crippen LogP contribution is 2.38. The van der Waals surface area contributed by atoms with Gasteiger partial charge >= 0.3 is 18.4 Å². The maximum atomic E-state index is 13.6. The number of alkyl halides is 6. The molecule has 1 aliphatic rings. The number of nitrogens with zero attached hydrogens (tertiary/aromatic N) is 2. The van der Waals surface area contributed by atoms with Gasteiger partial charge in [0.2, 0.25) is 0 Å². The van der Waals surface area contributed by atoms with Crippen LogP contribution in [-0.4, -0.2) is 42.6 Å². The molecule has 1 heterocycles. The molecule has 2 atom stereocenters. The van der Waals surface area contributed by atoms with Crippen molar-refractivity contribution in [2.75, 3.05) is 20.7 Å². The molecular formula is C24H25F7N2O2. The van der Waals surface area contributed by atoms with Crippen molar-refractivity contribution >= 4 is 6.03 Å². The van der Waals surface area contributed by atoms with E-state index in [-0.39, 0.29) is 24.3 Å². The number of amides is 2. The number of halogens is 7. The van der Waals surface area contributed by atoms with Crippen LogP contribution in [-0.2, 0) is 23.6 Å². The number of carbonyl (C=O) groups is 1. The van der Waals surface area contributed by atoms with E-state index in [4.69, 9.17) is 4.74 Å². The van der Waals surface area contributed by atoms with Gasteiger partial charge in [-0.25, -0.2) is 9.18 Å². The van der Waals surface area contributed by atoms with Crippen molar-refractivity contribution in [3.63, 3.8) is 0 Å². The zero-order valence-electron chi connectivity index (χ0n) is 19.3. The molecule has 192 valence electrons. The summed E-state index contributed by atoms with van der Waals surface area (Å²) in [6.45, 7) is 1.48. The zero-order chi connectivity index (χ0) is 26.1. The number of carbonyl (C=O) groups excluding carboxylic acids is 1. The number of piperidine rings is 1. The summed E-state index contributed by atoms with van der Waals surface area (Å²) in [5.41, 5.74) is -1.88. The lowest BCUT2D eigenvalue weighted by Crippen LogP contribution is -2.48. The second kappa shape index (κ2) is 10.0. The fourth-order valence-corrected chi connectivity index (χ4v) is 4.36. The molecule has 4 nitrogen and oxygen atoms in total. The first-order valence-corrected chi connectivity index (χ1v) is 10.8. The number of hydrogen-bond acceptors (Lipinski definition) is 2. The molecule has 1 aliphatic heterocycles. The summed E-state index contributed by atoms with van der Waals surface area (Å²) < 4.78 is 98.3. The summed E-state index contributed by atoms with van der Waals surface area (Å²) in [5.74, 6) is -0.439. The Hall–Kier alpha value is -2.82. The fourth-order valence-electron chi connectivity index (χ4n) is 4.36. The van der Waals surface area contributed by atoms with Gasteiger partial charge in [-0.15, -0.1) is 0 Å². The van der Waals surface area contributed by atoms with Gasteiger partial charge in [-0.1, -0.05) is 6.07 Å². The molecule has 0 saturated carbocycles. The lowest BCUT2D eigenvalue weighted by molar-refractivity contribution is -0.143. The largest absolute Gasteiger partial charge is 0.416 e. The van der Waals surface area contributed by atoms with Crippen molar-refractivity contribution in [2.45, 2.75) is 50.8 Å². The van der Waals surface area contributed by atoms with Crippen LogP contribution in [0.4, 0.5) is 35.5 Å². The summed E-state index contributed by atoms with van der Waals surface area (Å²) in [5, 5.41) is 0. The van der Waals surface area contributed by atoms with Crippen LogP contribution in [0.3, 0.4) is 0 Å². The van der Waals surface area contributed by atoms with E-state index in [9.17, 15) is 35.5 Å². The zero-order valence-corrected chi connectivity index (χ0v) is 19.3. The van der Waals surface area contributed by atoms with E-state index >= 15 is 0 Å². The topological polar surface area (TPSA) is 32.8 Å². The molecule has 0 unspecified atom stereocenters. The molecule has 35 heavy (non-hydrogen) atoms. The Morgan fingerprint density at radius 3 is 2.17 bits per heavy atom. The minimum absolute atomic E-state index is 0.0498. The van der Waals surface area contributed by atoms with Gasteiger partial charge < -0.3 is 14.5 Å². The number of rotatable bonds is 4. The maximum absolute atomic E-state index is 13.6. The standard InChI is InChI=1S/C24H25F7N2O2/c1-14-8-18(25)4-5-20(14)21-12-19(35-3)6-7-33(21)22(34)32(2)13-15-9-16(23(26,27)28)11-17(10-15)24(29,30)31/h4-5,8-11,19,21H,6-7,12-13H2,1-3H3/t19-,21-/m1/s1. The Kier molecular flexibility index (Phi) is 7.68. The van der Waals surface area contributed by atoms with Crippen LogP contribution in [0.25, 0.3) is 0 Å². The van der Waals surface area contributed by atoms with Crippen LogP contribution in [0.15, 0.2) is 36.4 Å². The summed E-state index contributed by atoms with van der Waals surface area (Å²) >= 11 is 0. The molecule has 2 aromatic rings. The second-order valence-electron chi connectivity index (χ2n) is 8.64. The average molecular weight is 506 g/mol. The van der Waals surface area contributed by atoms with Crippen molar-refractivity contribution in [1.29, 1.82) is 0 Å². The van der Waals surface area contributed by atoms with Gasteiger partial charge in [-0.3, -0.25) is 0 Å². The minimum Gasteiger partial charge on any atom is -0.381 e. The summed E-state index contributed by atoms with van der Waals surface area (Å²) in [4.78, 5) is 15.9. The Labute approximate surface area is 198 Å². The number of likely N-dealkylation sites (tertiary alicyclic amines) is 1. The van der Waals surface area contributed by atoms with Crippen molar-refractivity contribution < 1.29 is 40.3 Å². The van der Waals surface area contributed by atoms with Gasteiger partial charge in [0.05, 0.1) is 23.3 Å². The number of hydrogen-bond donors (Lipinski definition) is 0. The molecule has 0 aliphatic carbocycles. The van der Waals surface area contributed by atoms with E-state index in [2.05, 4.69) is 0 Å². The second-order valence-corrected chi connectivity index (χ2v) is 8.64. The first-order valence-electron chi connectivity index (χ1n) is 10.8. The normalized spacial score (nSPS) is 19.1. The molecular weight excluding hydrogens is 481 g/mol. The minimum atomic E-state index is -4.98. The van der Waals surface area contributed by atoms with Gasteiger partial charge in [-0.05, 0) is 66.8 Å². The van der Waals surface area contributed by atoms with Crippen LogP contribution >= 0.6 is 0 Å². The third kappa shape index (κ3) is 6.25. The quantitative estimate of drug-likeness (QED) is 0.439. The SMILES string of the molecule is CO[C@@H]1CCN(C(=O)N(C)Cc2cc(C(F)(F)F)cc(C(F)(F)F)c2)[C@@H](c2ccc(F)cc2C)C1. The lowest BCUT2D eigenvalue weighted by Gasteiger charge is -2.41. The van der Waals surface area contributed by atoms with Gasteiger partial charge in [0, 0.05) is 27.2 Å². The maximum Gasteiger partial charge on any atom is 0.416 e. The number of benzene rings is 2. The van der Waals surface area contributed by atoms with Gasteiger partial charge in [0.1, 0.15) is 5.82 Å². The van der Waals surface area contributed by atoms with Gasteiger partial charge in [0.25, 0.3) is 0 Å². The third-order valence-electron chi connectivity index (χ3n) is 6.12. The van der Waals surface area contributed by atoms with Gasteiger partial charge in [0.15, 0.2) is 0 Å². The van der Waals surface area contributed by atoms with Crippen molar-refractivity contribution in [3.8, 4) is 0 Å². The summed E-state index contributed by atoms with van der Waals surface area (Å²) in [7, 11) is 2.85. The fraction of sp³-hybridized carbons (Fsp3) is 0.458. The molecule has 0 spiro atoms. The highest BCUT2D eigenvalue weighted by molar-refractivity contribution is 5.75. The monoisotopic (exact) mass is 506 g/mol. The number of ether oxygens (including phenoxy) is 1. The number of aryl methyl sites for hydroxylation is 1. The smallest absolute Gasteiger partial charge is 0.381 e. The number of methoxy groups -OCH3 is 1. The Morgan fingerprint density at radius 1 is 1.06 bits per heavy atom. The Bertz CT molecular complexity index is 1040. The van der Waals surface area contributed by atoms with Gasteiger partial charge in [-0.2, -0.15) is 26.3 Å². The predicted octanol–water partition coefficient (Wildman–Crippen LogP) is 6.58. The highest BCUT2D eigenvalue weighted by Gasteiger charge is 2.38. The Morgan fingerprint density at radius 2 is 1.66 bits per heavy atom. The molecule has 0 aromatic heterocycles. The van der Waals surface area contributed by atoms with E-state index < -0.39 is 47.9 Å². The molecule has 2 aromatic carbocycles. The summed E-state index contributed by atoms with van der Waals surface area (Å²) in [6, 6.07) is 4.36. The first kappa shape index (κ1) is 26.8. The third-order valence-corrected chi connectivity index (χ3v) is 6.12. The van der Waals surface area contributed by atoms with Crippen molar-refractivity contribution in [1.82, 2.24) is 9.80 Å². The van der Waals surface area contributed by atoms with Crippen molar-refractivity contribution in [3.05, 3.63) is 70.0 Å². The molecule has 1 saturated heterocycles. The van der Waals surface area contributed by atoms with Crippen LogP contribution in [0.2, 0.25) is 0 Å². The van der Waals surface area contributed by atoms with E-state index in [1.165, 1.54) is 31.2 Å². The van der Waals surface area contributed by atoms with E-state index in [1.807, 2.05) is 0 Å². The first-order chi connectivity index (χ1) is 16.2. The summed E-state index contributed by atoms with van der Waals surface area (Å²) in [6.07, 6.45) is -9.23. The lowest BCUT2D eigenvalue weighted by atomic mass is 9.90. The van der Waals surface area contributed by atoms with Crippen LogP contribution in [0.5, 0.6) is 0 Å². The molecule has 0 bridgehead atoms. The van der Waals surface area contributed by atoms with E-state index in [0.29, 0.717) is 36.1 Å². The van der Waals surface area contributed by atoms with Crippen LogP contribution in [0.1, 0.15) is 46.7 Å². The molecule has 0 N–H and O–H groups in total. The molecule has 11 heteroatoms. The van der Waals surface area contributed by atoms with Crippen LogP contribution in [0, 0.1) is 12.7 Å². The Balaban J connectivity index is 1.90. The van der Waals surface area contributed by atoms with Crippen molar-refractivity contribution in [2.24, 2.45) is 0 Å². The average Bonchev–Trinajstić information content (AvgIpc) is 2.77. The number of urea groups is 1. The molecule has 0 radical (unpaired) electrons. The highest BCUT2D eigenvalue weighted by atomic mass is 19.4. The molecule has 2 amide bonds. The molecule has 1 fully saturated rings. The molecule has 3 rings (SSSR count). The van der Waals surface area contributed by atoms with E-state index in [0.717, 1.165) is 4.90 Å².